The van der Waals surface area contributed by atoms with Crippen LogP contribution in [0, 0.1) is 0 Å². The molecular formula is C13H16N2S2. The van der Waals surface area contributed by atoms with E-state index in [4.69, 9.17) is 0 Å². The van der Waals surface area contributed by atoms with Crippen LogP contribution in [0.2, 0.25) is 0 Å². The number of rotatable bonds is 6. The summed E-state index contributed by atoms with van der Waals surface area (Å²) in [4.78, 5) is 5.58. The van der Waals surface area contributed by atoms with Crippen molar-refractivity contribution in [1.29, 1.82) is 0 Å². The summed E-state index contributed by atoms with van der Waals surface area (Å²) in [6, 6.07) is 8.75. The highest BCUT2D eigenvalue weighted by Crippen LogP contribution is 2.23. The Kier molecular flexibility index (Phi) is 5.04. The van der Waals surface area contributed by atoms with Crippen molar-refractivity contribution in [2.45, 2.75) is 24.1 Å². The SMILES string of the molecule is CCNCc1ccc(SCc2nccs2)cc1. The molecule has 0 amide bonds. The summed E-state index contributed by atoms with van der Waals surface area (Å²) < 4.78 is 0. The fourth-order valence-electron chi connectivity index (χ4n) is 1.44. The molecule has 0 spiro atoms. The monoisotopic (exact) mass is 264 g/mol. The van der Waals surface area contributed by atoms with Gasteiger partial charge >= 0.3 is 0 Å². The van der Waals surface area contributed by atoms with Crippen molar-refractivity contribution in [2.24, 2.45) is 0 Å². The third kappa shape index (κ3) is 4.15. The lowest BCUT2D eigenvalue weighted by Crippen LogP contribution is -2.11. The van der Waals surface area contributed by atoms with E-state index in [1.165, 1.54) is 15.5 Å². The first-order valence-corrected chi connectivity index (χ1v) is 7.56. The van der Waals surface area contributed by atoms with Crippen LogP contribution in [0.1, 0.15) is 17.5 Å². The Morgan fingerprint density at radius 3 is 2.76 bits per heavy atom. The fourth-order valence-corrected chi connectivity index (χ4v) is 2.98. The summed E-state index contributed by atoms with van der Waals surface area (Å²) >= 11 is 3.55. The molecule has 0 atom stereocenters. The van der Waals surface area contributed by atoms with Crippen molar-refractivity contribution in [3.8, 4) is 0 Å². The van der Waals surface area contributed by atoms with Crippen LogP contribution in [0.15, 0.2) is 40.7 Å². The van der Waals surface area contributed by atoms with Gasteiger partial charge in [-0.15, -0.1) is 23.1 Å². The largest absolute Gasteiger partial charge is 0.313 e. The maximum Gasteiger partial charge on any atom is 0.103 e. The average Bonchev–Trinajstić information content (AvgIpc) is 2.88. The Morgan fingerprint density at radius 2 is 2.12 bits per heavy atom. The van der Waals surface area contributed by atoms with Crippen LogP contribution < -0.4 is 5.32 Å². The van der Waals surface area contributed by atoms with Crippen LogP contribution in [-0.2, 0) is 12.3 Å². The van der Waals surface area contributed by atoms with Gasteiger partial charge in [0.15, 0.2) is 0 Å². The van der Waals surface area contributed by atoms with Gasteiger partial charge in [-0.25, -0.2) is 4.98 Å². The summed E-state index contributed by atoms with van der Waals surface area (Å²) in [5.41, 5.74) is 1.34. The highest BCUT2D eigenvalue weighted by atomic mass is 32.2. The normalized spacial score (nSPS) is 10.6. The summed E-state index contributed by atoms with van der Waals surface area (Å²) in [6.07, 6.45) is 1.86. The lowest BCUT2D eigenvalue weighted by Gasteiger charge is -2.03. The van der Waals surface area contributed by atoms with E-state index < -0.39 is 0 Å². The predicted molar refractivity (Wildman–Crippen MR) is 75.5 cm³/mol. The molecule has 0 saturated heterocycles. The van der Waals surface area contributed by atoms with Crippen molar-refractivity contribution >= 4 is 23.1 Å². The van der Waals surface area contributed by atoms with E-state index in [1.54, 1.807) is 11.3 Å². The van der Waals surface area contributed by atoms with Crippen molar-refractivity contribution in [3.63, 3.8) is 0 Å². The molecule has 1 N–H and O–H groups in total. The van der Waals surface area contributed by atoms with E-state index in [0.29, 0.717) is 0 Å². The fraction of sp³-hybridized carbons (Fsp3) is 0.308. The van der Waals surface area contributed by atoms with Gasteiger partial charge in [0.25, 0.3) is 0 Å². The molecule has 0 saturated carbocycles. The average molecular weight is 264 g/mol. The Balaban J connectivity index is 1.85. The van der Waals surface area contributed by atoms with Crippen LogP contribution in [0.25, 0.3) is 0 Å². The molecule has 17 heavy (non-hydrogen) atoms. The first kappa shape index (κ1) is 12.6. The number of hydrogen-bond donors (Lipinski definition) is 1. The number of thioether (sulfide) groups is 1. The number of thiazole rings is 1. The number of benzene rings is 1. The zero-order chi connectivity index (χ0) is 11.9. The van der Waals surface area contributed by atoms with E-state index >= 15 is 0 Å². The maximum absolute atomic E-state index is 4.28. The molecule has 0 radical (unpaired) electrons. The number of aromatic nitrogens is 1. The van der Waals surface area contributed by atoms with E-state index in [-0.39, 0.29) is 0 Å². The highest BCUT2D eigenvalue weighted by molar-refractivity contribution is 7.98. The van der Waals surface area contributed by atoms with E-state index in [9.17, 15) is 0 Å². The first-order valence-electron chi connectivity index (χ1n) is 5.69. The Labute approximate surface area is 110 Å². The molecule has 0 unspecified atom stereocenters. The molecule has 0 aliphatic rings. The molecule has 4 heteroatoms. The Hall–Kier alpha value is -0.840. The molecule has 2 aromatic rings. The standard InChI is InChI=1S/C13H16N2S2/c1-2-14-9-11-3-5-12(6-4-11)17-10-13-15-7-8-16-13/h3-8,14H,2,9-10H2,1H3. The van der Waals surface area contributed by atoms with Gasteiger partial charge in [-0.1, -0.05) is 19.1 Å². The second-order valence-corrected chi connectivity index (χ2v) is 5.67. The van der Waals surface area contributed by atoms with Crippen LogP contribution >= 0.6 is 23.1 Å². The second-order valence-electron chi connectivity index (χ2n) is 3.64. The topological polar surface area (TPSA) is 24.9 Å². The zero-order valence-electron chi connectivity index (χ0n) is 9.85. The predicted octanol–water partition coefficient (Wildman–Crippen LogP) is 3.54. The van der Waals surface area contributed by atoms with Gasteiger partial charge in [0.05, 0.1) is 5.75 Å². The zero-order valence-corrected chi connectivity index (χ0v) is 11.5. The van der Waals surface area contributed by atoms with Crippen molar-refractivity contribution in [1.82, 2.24) is 10.3 Å². The van der Waals surface area contributed by atoms with Crippen LogP contribution in [0.4, 0.5) is 0 Å². The minimum Gasteiger partial charge on any atom is -0.313 e. The van der Waals surface area contributed by atoms with Crippen molar-refractivity contribution in [3.05, 3.63) is 46.4 Å². The second kappa shape index (κ2) is 6.79. The van der Waals surface area contributed by atoms with Crippen LogP contribution in [0.3, 0.4) is 0 Å². The molecule has 0 fully saturated rings. The van der Waals surface area contributed by atoms with Crippen molar-refractivity contribution < 1.29 is 0 Å². The van der Waals surface area contributed by atoms with Gasteiger partial charge in [0.2, 0.25) is 0 Å². The minimum absolute atomic E-state index is 0.952. The summed E-state index contributed by atoms with van der Waals surface area (Å²) in [5, 5.41) is 6.53. The summed E-state index contributed by atoms with van der Waals surface area (Å²) in [6.45, 7) is 4.09. The third-order valence-electron chi connectivity index (χ3n) is 2.35. The molecule has 0 bridgehead atoms. The first-order chi connectivity index (χ1) is 8.38. The molecule has 1 heterocycles. The highest BCUT2D eigenvalue weighted by Gasteiger charge is 1.98. The molecule has 90 valence electrons. The van der Waals surface area contributed by atoms with Gasteiger partial charge in [0, 0.05) is 23.0 Å². The van der Waals surface area contributed by atoms with Crippen LogP contribution in [-0.4, -0.2) is 11.5 Å². The number of hydrogen-bond acceptors (Lipinski definition) is 4. The minimum atomic E-state index is 0.952. The third-order valence-corrected chi connectivity index (χ3v) is 4.33. The Morgan fingerprint density at radius 1 is 1.29 bits per heavy atom. The molecule has 1 aromatic heterocycles. The molecule has 0 aliphatic heterocycles. The van der Waals surface area contributed by atoms with E-state index in [2.05, 4.69) is 41.5 Å². The number of nitrogens with one attached hydrogen (secondary N) is 1. The molecule has 2 nitrogen and oxygen atoms in total. The smallest absolute Gasteiger partial charge is 0.103 e. The Bertz CT molecular complexity index is 423. The molecule has 0 aliphatic carbocycles. The molecule has 2 rings (SSSR count). The quantitative estimate of drug-likeness (QED) is 0.808. The van der Waals surface area contributed by atoms with Crippen LogP contribution in [0.5, 0.6) is 0 Å². The van der Waals surface area contributed by atoms with Gasteiger partial charge < -0.3 is 5.32 Å². The van der Waals surface area contributed by atoms with Gasteiger partial charge in [-0.05, 0) is 24.2 Å². The van der Waals surface area contributed by atoms with E-state index in [0.717, 1.165) is 18.8 Å². The maximum atomic E-state index is 4.28. The van der Waals surface area contributed by atoms with Gasteiger partial charge in [0.1, 0.15) is 5.01 Å². The molecular weight excluding hydrogens is 248 g/mol. The van der Waals surface area contributed by atoms with Gasteiger partial charge in [-0.3, -0.25) is 0 Å². The number of nitrogens with zero attached hydrogens (tertiary/aromatic N) is 1. The van der Waals surface area contributed by atoms with Crippen molar-refractivity contribution in [2.75, 3.05) is 6.54 Å². The van der Waals surface area contributed by atoms with Gasteiger partial charge in [-0.2, -0.15) is 0 Å². The lowest BCUT2D eigenvalue weighted by atomic mass is 10.2. The molecule has 1 aromatic carbocycles. The lowest BCUT2D eigenvalue weighted by molar-refractivity contribution is 0.726. The summed E-state index contributed by atoms with van der Waals surface area (Å²) in [7, 11) is 0. The summed E-state index contributed by atoms with van der Waals surface area (Å²) in [5.74, 6) is 0.963. The van der Waals surface area contributed by atoms with E-state index in [1.807, 2.05) is 23.3 Å².